The van der Waals surface area contributed by atoms with Gasteiger partial charge in [0.1, 0.15) is 0 Å². The Balaban J connectivity index is -0.000000190. The van der Waals surface area contributed by atoms with Crippen LogP contribution in [-0.2, 0) is 0 Å². The molecule has 0 amide bonds. The number of allylic oxidation sites excluding steroid dienone is 4. The third-order valence-corrected chi connectivity index (χ3v) is 7.85. The second kappa shape index (κ2) is 24.2. The molecule has 0 spiro atoms. The molecule has 0 saturated heterocycles. The smallest absolute Gasteiger partial charge is 0.0543 e. The van der Waals surface area contributed by atoms with Crippen LogP contribution in [-0.4, -0.2) is 44.8 Å². The third kappa shape index (κ3) is 22.0. The van der Waals surface area contributed by atoms with Crippen molar-refractivity contribution < 1.29 is 20.4 Å². The van der Waals surface area contributed by atoms with Gasteiger partial charge in [0.25, 0.3) is 0 Å². The standard InChI is InChI=1S/4C8H16O/c4*1-5-6(2)7(3)8(4)9/h4*5-9H,1H2,2-4H3/t2*6-,7+,8+;2*6-,7-,8-/m1010/s1. The zero-order chi connectivity index (χ0) is 29.8. The van der Waals surface area contributed by atoms with E-state index in [1.165, 1.54) is 0 Å². The highest BCUT2D eigenvalue weighted by Gasteiger charge is 2.15. The molecule has 0 aromatic carbocycles. The summed E-state index contributed by atoms with van der Waals surface area (Å²) in [4.78, 5) is 0. The topological polar surface area (TPSA) is 80.9 Å². The third-order valence-electron chi connectivity index (χ3n) is 7.85. The molecule has 0 unspecified atom stereocenters. The summed E-state index contributed by atoms with van der Waals surface area (Å²) in [5, 5.41) is 36.3. The lowest BCUT2D eigenvalue weighted by Gasteiger charge is -2.18. The van der Waals surface area contributed by atoms with E-state index in [-0.39, 0.29) is 24.4 Å². The monoisotopic (exact) mass is 512 g/mol. The Morgan fingerprint density at radius 3 is 0.472 bits per heavy atom. The molecule has 0 rings (SSSR count). The highest BCUT2D eigenvalue weighted by molar-refractivity contribution is 4.83. The molecular formula is C32H64O4. The Labute approximate surface area is 225 Å². The van der Waals surface area contributed by atoms with E-state index in [1.807, 2.05) is 79.7 Å². The van der Waals surface area contributed by atoms with Crippen molar-refractivity contribution in [3.63, 3.8) is 0 Å². The second-order valence-electron chi connectivity index (χ2n) is 10.8. The maximum absolute atomic E-state index is 9.07. The molecule has 0 aliphatic heterocycles. The van der Waals surface area contributed by atoms with Gasteiger partial charge in [0, 0.05) is 0 Å². The lowest BCUT2D eigenvalue weighted by Crippen LogP contribution is -2.18. The van der Waals surface area contributed by atoms with Gasteiger partial charge in [0.2, 0.25) is 0 Å². The minimum Gasteiger partial charge on any atom is -0.393 e. The van der Waals surface area contributed by atoms with E-state index in [2.05, 4.69) is 54.0 Å². The zero-order valence-corrected chi connectivity index (χ0v) is 25.9. The van der Waals surface area contributed by atoms with Crippen LogP contribution in [0.3, 0.4) is 0 Å². The zero-order valence-electron chi connectivity index (χ0n) is 25.9. The quantitative estimate of drug-likeness (QED) is 0.207. The van der Waals surface area contributed by atoms with Gasteiger partial charge in [-0.15, -0.1) is 26.3 Å². The fraction of sp³-hybridized carbons (Fsp3) is 0.750. The predicted octanol–water partition coefficient (Wildman–Crippen LogP) is 7.30. The first-order valence-electron chi connectivity index (χ1n) is 13.6. The van der Waals surface area contributed by atoms with E-state index in [0.717, 1.165) is 0 Å². The highest BCUT2D eigenvalue weighted by Crippen LogP contribution is 2.17. The highest BCUT2D eigenvalue weighted by atomic mass is 16.3. The van der Waals surface area contributed by atoms with E-state index in [0.29, 0.717) is 47.3 Å². The number of hydrogen-bond acceptors (Lipinski definition) is 4. The van der Waals surface area contributed by atoms with Crippen molar-refractivity contribution in [2.75, 3.05) is 0 Å². The van der Waals surface area contributed by atoms with Crippen LogP contribution in [0.15, 0.2) is 50.6 Å². The van der Waals surface area contributed by atoms with Crippen molar-refractivity contribution in [1.82, 2.24) is 0 Å². The van der Waals surface area contributed by atoms with Crippen LogP contribution in [0, 0.1) is 47.3 Å². The lowest BCUT2D eigenvalue weighted by atomic mass is 9.92. The Bertz CT molecular complexity index is 442. The normalized spacial score (nSPS) is 20.4. The number of hydrogen-bond donors (Lipinski definition) is 4. The lowest BCUT2D eigenvalue weighted by molar-refractivity contribution is 0.116. The molecule has 4 N–H and O–H groups in total. The fourth-order valence-electron chi connectivity index (χ4n) is 2.62. The van der Waals surface area contributed by atoms with Crippen LogP contribution in [0.4, 0.5) is 0 Å². The Hall–Kier alpha value is -1.20. The molecule has 0 bridgehead atoms. The summed E-state index contributed by atoms with van der Waals surface area (Å²) in [5.41, 5.74) is 0. The summed E-state index contributed by atoms with van der Waals surface area (Å²) in [6.45, 7) is 38.2. The maximum atomic E-state index is 9.07. The van der Waals surface area contributed by atoms with Gasteiger partial charge in [0.05, 0.1) is 24.4 Å². The Morgan fingerprint density at radius 2 is 0.444 bits per heavy atom. The van der Waals surface area contributed by atoms with Gasteiger partial charge in [0.15, 0.2) is 0 Å². The van der Waals surface area contributed by atoms with Crippen molar-refractivity contribution in [3.05, 3.63) is 50.6 Å². The van der Waals surface area contributed by atoms with Crippen molar-refractivity contribution in [3.8, 4) is 0 Å². The van der Waals surface area contributed by atoms with Crippen molar-refractivity contribution in [2.24, 2.45) is 47.3 Å². The average Bonchev–Trinajstić information content (AvgIpc) is 2.85. The van der Waals surface area contributed by atoms with Gasteiger partial charge >= 0.3 is 0 Å². The van der Waals surface area contributed by atoms with Crippen LogP contribution in [0.5, 0.6) is 0 Å². The van der Waals surface area contributed by atoms with Crippen molar-refractivity contribution in [1.29, 1.82) is 0 Å². The maximum Gasteiger partial charge on any atom is 0.0543 e. The molecule has 0 heterocycles. The largest absolute Gasteiger partial charge is 0.393 e. The number of rotatable bonds is 12. The van der Waals surface area contributed by atoms with E-state index in [4.69, 9.17) is 20.4 Å². The Kier molecular flexibility index (Phi) is 28.1. The van der Waals surface area contributed by atoms with Crippen LogP contribution in [0.25, 0.3) is 0 Å². The summed E-state index contributed by atoms with van der Waals surface area (Å²) in [7, 11) is 0. The van der Waals surface area contributed by atoms with Crippen molar-refractivity contribution in [2.45, 2.75) is 108 Å². The molecule has 0 radical (unpaired) electrons. The molecule has 0 saturated carbocycles. The first-order valence-corrected chi connectivity index (χ1v) is 13.6. The predicted molar refractivity (Wildman–Crippen MR) is 161 cm³/mol. The summed E-state index contributed by atoms with van der Waals surface area (Å²) in [6, 6.07) is 0. The first kappa shape index (κ1) is 41.9. The van der Waals surface area contributed by atoms with Crippen LogP contribution in [0.1, 0.15) is 83.1 Å². The minimum absolute atomic E-state index is 0.224. The van der Waals surface area contributed by atoms with Gasteiger partial charge in [-0.3, -0.25) is 0 Å². The average molecular weight is 513 g/mol. The molecule has 0 aliphatic carbocycles. The summed E-state index contributed by atoms with van der Waals surface area (Å²) in [5.74, 6) is 2.92. The SMILES string of the molecule is C=C[C@@H](C)[C@@H](C)[C@@H](C)O.C=C[C@@H](C)[C@H](C)[C@H](C)O.C=C[C@H](C)[C@@H](C)[C@@H](C)O.C=C[C@H](C)[C@H](C)[C@H](C)O. The number of aliphatic hydroxyl groups is 4. The van der Waals surface area contributed by atoms with E-state index < -0.39 is 0 Å². The summed E-state index contributed by atoms with van der Waals surface area (Å²) >= 11 is 0. The van der Waals surface area contributed by atoms with Gasteiger partial charge in [-0.05, 0) is 75.0 Å². The van der Waals surface area contributed by atoms with E-state index in [9.17, 15) is 0 Å². The van der Waals surface area contributed by atoms with Crippen molar-refractivity contribution >= 4 is 0 Å². The molecular weight excluding hydrogens is 448 g/mol. The molecule has 36 heavy (non-hydrogen) atoms. The van der Waals surface area contributed by atoms with Crippen LogP contribution in [0.2, 0.25) is 0 Å². The molecule has 0 aromatic rings. The van der Waals surface area contributed by atoms with Gasteiger partial charge in [-0.1, -0.05) is 79.7 Å². The van der Waals surface area contributed by atoms with Gasteiger partial charge in [-0.25, -0.2) is 0 Å². The van der Waals surface area contributed by atoms with E-state index in [1.54, 1.807) is 0 Å². The molecule has 4 nitrogen and oxygen atoms in total. The molecule has 0 aliphatic rings. The first-order chi connectivity index (χ1) is 16.4. The fourth-order valence-corrected chi connectivity index (χ4v) is 2.62. The summed E-state index contributed by atoms with van der Waals surface area (Å²) < 4.78 is 0. The summed E-state index contributed by atoms with van der Waals surface area (Å²) in [6.07, 6.45) is 6.59. The van der Waals surface area contributed by atoms with Crippen LogP contribution >= 0.6 is 0 Å². The number of aliphatic hydroxyl groups excluding tert-OH is 4. The van der Waals surface area contributed by atoms with Gasteiger partial charge in [-0.2, -0.15) is 0 Å². The second-order valence-corrected chi connectivity index (χ2v) is 10.8. The minimum atomic E-state index is -0.224. The van der Waals surface area contributed by atoms with Crippen LogP contribution < -0.4 is 0 Å². The van der Waals surface area contributed by atoms with E-state index >= 15 is 0 Å². The molecule has 216 valence electrons. The molecule has 12 atom stereocenters. The molecule has 0 fully saturated rings. The molecule has 0 aromatic heterocycles. The molecule has 4 heteroatoms. The van der Waals surface area contributed by atoms with Gasteiger partial charge < -0.3 is 20.4 Å². The Morgan fingerprint density at radius 1 is 0.333 bits per heavy atom.